The van der Waals surface area contributed by atoms with Gasteiger partial charge in [-0.25, -0.2) is 4.79 Å². The van der Waals surface area contributed by atoms with Crippen molar-refractivity contribution in [1.82, 2.24) is 10.2 Å². The van der Waals surface area contributed by atoms with Crippen molar-refractivity contribution in [1.29, 1.82) is 0 Å². The first-order valence-electron chi connectivity index (χ1n) is 13.9. The summed E-state index contributed by atoms with van der Waals surface area (Å²) in [6.07, 6.45) is -0.262. The molecule has 3 amide bonds. The topological polar surface area (TPSA) is 198 Å². The first-order valence-corrected chi connectivity index (χ1v) is 13.9. The second-order valence-electron chi connectivity index (χ2n) is 10.2. The Bertz CT molecular complexity index is 1180. The highest BCUT2D eigenvalue weighted by Gasteiger charge is 2.34. The van der Waals surface area contributed by atoms with E-state index in [1.165, 1.54) is 17.0 Å². The number of nitrogens with zero attached hydrogens (tertiary/aromatic N) is 1. The number of benzene rings is 1. The van der Waals surface area contributed by atoms with E-state index >= 15 is 0 Å². The SMILES string of the molecule is CC(C)C(=O)OCc1ccc(OC2CC(O)CC(C(=O)O)O2)c(NC(=O)CCNC(=O)CCCN(C)C(=O)/C=C\C=O)c1. The third-order valence-corrected chi connectivity index (χ3v) is 6.24. The largest absolute Gasteiger partial charge is 0.479 e. The monoisotopic (exact) mass is 605 g/mol. The summed E-state index contributed by atoms with van der Waals surface area (Å²) in [7, 11) is 1.55. The lowest BCUT2D eigenvalue weighted by molar-refractivity contribution is -0.195. The zero-order valence-corrected chi connectivity index (χ0v) is 24.4. The number of rotatable bonds is 16. The van der Waals surface area contributed by atoms with Crippen molar-refractivity contribution >= 4 is 41.6 Å². The van der Waals surface area contributed by atoms with Gasteiger partial charge in [-0.2, -0.15) is 0 Å². The van der Waals surface area contributed by atoms with Crippen LogP contribution in [0.4, 0.5) is 5.69 Å². The van der Waals surface area contributed by atoms with Gasteiger partial charge in [-0.15, -0.1) is 0 Å². The first-order chi connectivity index (χ1) is 20.4. The summed E-state index contributed by atoms with van der Waals surface area (Å²) >= 11 is 0. The van der Waals surface area contributed by atoms with E-state index in [4.69, 9.17) is 14.2 Å². The molecule has 0 saturated carbocycles. The number of carbonyl (C=O) groups excluding carboxylic acids is 5. The number of hydrogen-bond donors (Lipinski definition) is 4. The molecule has 0 aliphatic carbocycles. The third-order valence-electron chi connectivity index (χ3n) is 6.24. The van der Waals surface area contributed by atoms with Gasteiger partial charge in [0.1, 0.15) is 18.6 Å². The summed E-state index contributed by atoms with van der Waals surface area (Å²) in [5, 5.41) is 24.7. The molecule has 2 rings (SSSR count). The fourth-order valence-corrected chi connectivity index (χ4v) is 3.88. The van der Waals surface area contributed by atoms with Crippen LogP contribution in [0, 0.1) is 5.92 Å². The minimum Gasteiger partial charge on any atom is -0.479 e. The van der Waals surface area contributed by atoms with Crippen molar-refractivity contribution in [3.05, 3.63) is 35.9 Å². The maximum absolute atomic E-state index is 12.7. The van der Waals surface area contributed by atoms with Crippen LogP contribution in [-0.4, -0.2) is 89.7 Å². The highest BCUT2D eigenvalue weighted by Crippen LogP contribution is 2.31. The Labute approximate surface area is 249 Å². The van der Waals surface area contributed by atoms with Crippen LogP contribution < -0.4 is 15.4 Å². The zero-order chi connectivity index (χ0) is 31.9. The van der Waals surface area contributed by atoms with E-state index in [9.17, 15) is 39.0 Å². The van der Waals surface area contributed by atoms with Gasteiger partial charge in [0, 0.05) is 51.9 Å². The average molecular weight is 606 g/mol. The van der Waals surface area contributed by atoms with Crippen molar-refractivity contribution in [2.24, 2.45) is 5.92 Å². The molecule has 3 unspecified atom stereocenters. The molecule has 4 N–H and O–H groups in total. The number of carbonyl (C=O) groups is 6. The van der Waals surface area contributed by atoms with Crippen LogP contribution in [0.5, 0.6) is 5.75 Å². The number of hydrogen-bond acceptors (Lipinski definition) is 10. The first kappa shape index (κ1) is 34.9. The lowest BCUT2D eigenvalue weighted by atomic mass is 10.1. The Morgan fingerprint density at radius 1 is 1.14 bits per heavy atom. The lowest BCUT2D eigenvalue weighted by Gasteiger charge is -2.31. The number of aliphatic hydroxyl groups is 1. The predicted octanol–water partition coefficient (Wildman–Crippen LogP) is 1.15. The normalized spacial score (nSPS) is 18.1. The molecular formula is C29H39N3O11. The molecule has 3 atom stereocenters. The molecule has 1 saturated heterocycles. The molecule has 14 nitrogen and oxygen atoms in total. The predicted molar refractivity (Wildman–Crippen MR) is 152 cm³/mol. The van der Waals surface area contributed by atoms with Crippen LogP contribution in [0.3, 0.4) is 0 Å². The number of aldehydes is 1. The van der Waals surface area contributed by atoms with E-state index in [0.717, 1.165) is 12.2 Å². The van der Waals surface area contributed by atoms with Gasteiger partial charge < -0.3 is 40.0 Å². The molecular weight excluding hydrogens is 566 g/mol. The van der Waals surface area contributed by atoms with E-state index in [-0.39, 0.29) is 68.0 Å². The number of aliphatic carboxylic acids is 1. The Hall–Kier alpha value is -4.30. The highest BCUT2D eigenvalue weighted by molar-refractivity contribution is 5.93. The standard InChI is InChI=1S/C29H39N3O11/c1-18(2)29(40)41-17-19-8-9-22(42-27-16-20(34)15-23(43-27)28(38)39)21(14-19)31-25(36)10-11-30-24(35)6-4-12-32(3)26(37)7-5-13-33/h5,7-9,13-14,18,20,23,27,34H,4,6,10-12,15-17H2,1-3H3,(H,30,35)(H,31,36)(H,38,39)/b7-5-. The van der Waals surface area contributed by atoms with E-state index in [0.29, 0.717) is 24.8 Å². The third kappa shape index (κ3) is 12.6. The number of anilines is 1. The van der Waals surface area contributed by atoms with Gasteiger partial charge in [0.05, 0.1) is 17.7 Å². The van der Waals surface area contributed by atoms with Crippen LogP contribution >= 0.6 is 0 Å². The number of aliphatic hydroxyl groups excluding tert-OH is 1. The van der Waals surface area contributed by atoms with Crippen molar-refractivity contribution in [2.45, 2.75) is 71.1 Å². The molecule has 0 radical (unpaired) electrons. The number of amides is 3. The van der Waals surface area contributed by atoms with E-state index < -0.39 is 36.3 Å². The molecule has 0 aromatic heterocycles. The van der Waals surface area contributed by atoms with Gasteiger partial charge in [-0.3, -0.25) is 24.0 Å². The summed E-state index contributed by atoms with van der Waals surface area (Å²) < 4.78 is 16.5. The number of nitrogens with one attached hydrogen (secondary N) is 2. The number of esters is 1. The van der Waals surface area contributed by atoms with Gasteiger partial charge in [0.15, 0.2) is 6.10 Å². The molecule has 14 heteroatoms. The summed E-state index contributed by atoms with van der Waals surface area (Å²) in [5.41, 5.74) is 0.740. The van der Waals surface area contributed by atoms with Crippen molar-refractivity contribution in [2.75, 3.05) is 25.5 Å². The second kappa shape index (κ2) is 17.6. The summed E-state index contributed by atoms with van der Waals surface area (Å²) in [5.74, 6) is -2.97. The Morgan fingerprint density at radius 2 is 1.88 bits per heavy atom. The molecule has 1 aliphatic heterocycles. The smallest absolute Gasteiger partial charge is 0.333 e. The van der Waals surface area contributed by atoms with Crippen LogP contribution in [0.15, 0.2) is 30.4 Å². The van der Waals surface area contributed by atoms with Crippen LogP contribution in [-0.2, 0) is 44.8 Å². The molecule has 1 aromatic rings. The molecule has 236 valence electrons. The highest BCUT2D eigenvalue weighted by atomic mass is 16.7. The average Bonchev–Trinajstić information content (AvgIpc) is 2.95. The molecule has 1 aliphatic rings. The van der Waals surface area contributed by atoms with E-state index in [1.807, 2.05) is 0 Å². The zero-order valence-electron chi connectivity index (χ0n) is 24.4. The summed E-state index contributed by atoms with van der Waals surface area (Å²) in [6, 6.07) is 4.65. The van der Waals surface area contributed by atoms with Gasteiger partial charge in [0.2, 0.25) is 24.0 Å². The number of carboxylic acid groups (broad SMARTS) is 1. The molecule has 1 heterocycles. The maximum atomic E-state index is 12.7. The van der Waals surface area contributed by atoms with E-state index in [1.54, 1.807) is 27.0 Å². The van der Waals surface area contributed by atoms with Gasteiger partial charge >= 0.3 is 11.9 Å². The quantitative estimate of drug-likeness (QED) is 0.120. The molecule has 1 aromatic carbocycles. The number of ether oxygens (including phenoxy) is 3. The summed E-state index contributed by atoms with van der Waals surface area (Å²) in [4.78, 5) is 71.6. The van der Waals surface area contributed by atoms with Gasteiger partial charge in [0.25, 0.3) is 0 Å². The maximum Gasteiger partial charge on any atom is 0.333 e. The fraction of sp³-hybridized carbons (Fsp3) is 0.517. The Kier molecular flexibility index (Phi) is 14.3. The van der Waals surface area contributed by atoms with Crippen molar-refractivity contribution in [3.63, 3.8) is 0 Å². The molecule has 43 heavy (non-hydrogen) atoms. The minimum atomic E-state index is -1.26. The molecule has 0 bridgehead atoms. The number of allylic oxidation sites excluding steroid dienone is 1. The second-order valence-corrected chi connectivity index (χ2v) is 10.2. The minimum absolute atomic E-state index is 0.0103. The van der Waals surface area contributed by atoms with Crippen LogP contribution in [0.1, 0.15) is 51.5 Å². The summed E-state index contributed by atoms with van der Waals surface area (Å²) in [6.45, 7) is 3.66. The fourth-order valence-electron chi connectivity index (χ4n) is 3.88. The van der Waals surface area contributed by atoms with Gasteiger partial charge in [-0.05, 0) is 30.2 Å². The molecule has 1 fully saturated rings. The van der Waals surface area contributed by atoms with Gasteiger partial charge in [-0.1, -0.05) is 19.9 Å². The Balaban J connectivity index is 1.97. The Morgan fingerprint density at radius 3 is 2.56 bits per heavy atom. The van der Waals surface area contributed by atoms with E-state index in [2.05, 4.69) is 10.6 Å². The lowest BCUT2D eigenvalue weighted by Crippen LogP contribution is -2.42. The molecule has 0 spiro atoms. The van der Waals surface area contributed by atoms with Crippen LogP contribution in [0.25, 0.3) is 0 Å². The van der Waals surface area contributed by atoms with Crippen molar-refractivity contribution in [3.8, 4) is 5.75 Å². The number of carboxylic acids is 1. The van der Waals surface area contributed by atoms with Crippen molar-refractivity contribution < 1.29 is 53.2 Å². The van der Waals surface area contributed by atoms with Crippen LogP contribution in [0.2, 0.25) is 0 Å². The number of likely N-dealkylation sites (N-methyl/N-ethyl adjacent to an activating group) is 1.